The van der Waals surface area contributed by atoms with Gasteiger partial charge in [-0.05, 0) is 55.7 Å². The van der Waals surface area contributed by atoms with Gasteiger partial charge in [-0.15, -0.1) is 0 Å². The van der Waals surface area contributed by atoms with Crippen molar-refractivity contribution < 1.29 is 45.4 Å². The molecule has 8 nitrogen and oxygen atoms in total. The van der Waals surface area contributed by atoms with E-state index in [2.05, 4.69) is 5.32 Å². The highest BCUT2D eigenvalue weighted by Gasteiger charge is 2.56. The van der Waals surface area contributed by atoms with E-state index < -0.39 is 67.8 Å². The molecule has 0 saturated heterocycles. The number of rotatable bonds is 7. The number of hydrogen-bond donors (Lipinski definition) is 1. The van der Waals surface area contributed by atoms with Crippen molar-refractivity contribution in [3.05, 3.63) is 58.4 Å². The van der Waals surface area contributed by atoms with E-state index in [-0.39, 0.29) is 40.6 Å². The molecule has 39 heavy (non-hydrogen) atoms. The van der Waals surface area contributed by atoms with Crippen LogP contribution in [0.4, 0.5) is 18.9 Å². The van der Waals surface area contributed by atoms with E-state index in [9.17, 15) is 36.0 Å². The van der Waals surface area contributed by atoms with Crippen LogP contribution in [-0.2, 0) is 28.9 Å². The Hall–Kier alpha value is -3.12. The third-order valence-electron chi connectivity index (χ3n) is 7.10. The molecule has 1 N–H and O–H groups in total. The largest absolute Gasteiger partial charge is 0.462 e. The van der Waals surface area contributed by atoms with E-state index in [4.69, 9.17) is 21.1 Å². The van der Waals surface area contributed by atoms with E-state index in [1.54, 1.807) is 0 Å². The van der Waals surface area contributed by atoms with Crippen LogP contribution in [0.15, 0.2) is 35.2 Å². The van der Waals surface area contributed by atoms with Gasteiger partial charge in [0.25, 0.3) is 5.91 Å². The molecule has 13 heteroatoms. The third kappa shape index (κ3) is 5.91. The molecule has 210 valence electrons. The lowest BCUT2D eigenvalue weighted by molar-refractivity contribution is -0.177. The molecule has 4 rings (SSSR count). The summed E-state index contributed by atoms with van der Waals surface area (Å²) in [4.78, 5) is 35.7. The molecule has 2 saturated carbocycles. The first-order valence-corrected chi connectivity index (χ1v) is 14.0. The number of carbonyl (C=O) groups is 3. The Bertz CT molecular complexity index is 1410. The molecule has 2 bridgehead atoms. The molecule has 0 heterocycles. The van der Waals surface area contributed by atoms with Crippen LogP contribution in [0.3, 0.4) is 0 Å². The maximum absolute atomic E-state index is 13.9. The molecule has 2 atom stereocenters. The molecule has 2 aliphatic rings. The smallest absolute Gasteiger partial charge is 0.303 e. The second-order valence-electron chi connectivity index (χ2n) is 9.93. The first kappa shape index (κ1) is 28.9. The average molecular weight is 588 g/mol. The van der Waals surface area contributed by atoms with Crippen LogP contribution < -0.4 is 5.32 Å². The predicted octanol–water partition coefficient (Wildman–Crippen LogP) is 4.84. The maximum Gasteiger partial charge on any atom is 0.303 e. The topological polar surface area (TPSA) is 116 Å². The Morgan fingerprint density at radius 2 is 1.59 bits per heavy atom. The summed E-state index contributed by atoms with van der Waals surface area (Å²) in [6, 6.07) is 4.73. The Kier molecular flexibility index (Phi) is 8.00. The van der Waals surface area contributed by atoms with Crippen molar-refractivity contribution in [1.29, 1.82) is 0 Å². The fourth-order valence-electron chi connectivity index (χ4n) is 5.73. The van der Waals surface area contributed by atoms with Gasteiger partial charge in [0.1, 0.15) is 12.2 Å². The summed E-state index contributed by atoms with van der Waals surface area (Å²) in [5.41, 5.74) is -1.67. The van der Waals surface area contributed by atoms with Gasteiger partial charge >= 0.3 is 11.9 Å². The van der Waals surface area contributed by atoms with Gasteiger partial charge in [-0.25, -0.2) is 21.6 Å². The Labute approximate surface area is 227 Å². The summed E-state index contributed by atoms with van der Waals surface area (Å²) in [6.45, 7) is 2.26. The zero-order valence-electron chi connectivity index (χ0n) is 20.9. The molecule has 0 spiro atoms. The van der Waals surface area contributed by atoms with Gasteiger partial charge in [-0.1, -0.05) is 11.6 Å². The summed E-state index contributed by atoms with van der Waals surface area (Å²) >= 11 is 6.27. The zero-order valence-corrected chi connectivity index (χ0v) is 22.5. The van der Waals surface area contributed by atoms with E-state index >= 15 is 0 Å². The minimum Gasteiger partial charge on any atom is -0.462 e. The average Bonchev–Trinajstić information content (AvgIpc) is 3.14. The summed E-state index contributed by atoms with van der Waals surface area (Å²) in [6.07, 6.45) is 1.35. The summed E-state index contributed by atoms with van der Waals surface area (Å²) in [7, 11) is -4.12. The van der Waals surface area contributed by atoms with Gasteiger partial charge < -0.3 is 14.8 Å². The van der Waals surface area contributed by atoms with Crippen LogP contribution in [0.2, 0.25) is 5.02 Å². The van der Waals surface area contributed by atoms with E-state index in [0.29, 0.717) is 25.0 Å². The number of esters is 2. The Morgan fingerprint density at radius 3 is 2.13 bits per heavy atom. The standard InChI is InChI=1S/C26H25ClF3NO7S/c1-13(32)37-12-26(38-14(2)33)10-16-3-4-17(11-26)24(16)39(35,36)22-7-15(5-6-19(22)27)25(34)31-18-8-20(28)23(30)21(29)9-18/h5-9,16-17,24H,3-4,10-12H2,1-2H3,(H,31,34)/t16?,17?,24-,26-. The van der Waals surface area contributed by atoms with Crippen LogP contribution in [0, 0.1) is 29.3 Å². The zero-order chi connectivity index (χ0) is 28.7. The highest BCUT2D eigenvalue weighted by Crippen LogP contribution is 2.52. The number of sulfone groups is 1. The minimum absolute atomic E-state index is 0.124. The van der Waals surface area contributed by atoms with Crippen molar-refractivity contribution in [3.8, 4) is 0 Å². The summed E-state index contributed by atoms with van der Waals surface area (Å²) in [5, 5.41) is 1.20. The van der Waals surface area contributed by atoms with Crippen molar-refractivity contribution >= 4 is 45.0 Å². The normalized spacial score (nSPS) is 24.2. The fourth-order valence-corrected chi connectivity index (χ4v) is 8.58. The number of carbonyl (C=O) groups excluding carboxylic acids is 3. The van der Waals surface area contributed by atoms with Crippen molar-refractivity contribution in [2.45, 2.75) is 55.3 Å². The lowest BCUT2D eigenvalue weighted by Crippen LogP contribution is -2.51. The second-order valence-corrected chi connectivity index (χ2v) is 12.4. The van der Waals surface area contributed by atoms with Gasteiger partial charge in [-0.3, -0.25) is 14.4 Å². The number of anilines is 1. The van der Waals surface area contributed by atoms with Crippen LogP contribution in [0.1, 0.15) is 49.9 Å². The molecular weight excluding hydrogens is 563 g/mol. The molecule has 0 aliphatic heterocycles. The maximum atomic E-state index is 13.9. The SMILES string of the molecule is CC(=O)OC[C@]1(OC(C)=O)CC2CCC(C1)[C@H]2S(=O)(=O)c1cc(C(=O)Nc2cc(F)c(F)c(F)c2)ccc1Cl. The van der Waals surface area contributed by atoms with Gasteiger partial charge in [0.05, 0.1) is 15.2 Å². The fraction of sp³-hybridized carbons (Fsp3) is 0.423. The number of benzene rings is 2. The number of amides is 1. The van der Waals surface area contributed by atoms with Gasteiger partial charge in [-0.2, -0.15) is 0 Å². The number of nitrogens with one attached hydrogen (secondary N) is 1. The monoisotopic (exact) mass is 587 g/mol. The lowest BCUT2D eigenvalue weighted by Gasteiger charge is -2.42. The molecule has 2 fully saturated rings. The second kappa shape index (κ2) is 10.8. The highest BCUT2D eigenvalue weighted by molar-refractivity contribution is 7.92. The number of fused-ring (bicyclic) bond motifs is 2. The van der Waals surface area contributed by atoms with E-state index in [1.165, 1.54) is 26.0 Å². The molecule has 0 radical (unpaired) electrons. The van der Waals surface area contributed by atoms with Crippen molar-refractivity contribution in [2.24, 2.45) is 11.8 Å². The predicted molar refractivity (Wildman–Crippen MR) is 133 cm³/mol. The Balaban J connectivity index is 1.61. The van der Waals surface area contributed by atoms with Crippen molar-refractivity contribution in [3.63, 3.8) is 0 Å². The highest BCUT2D eigenvalue weighted by atomic mass is 35.5. The molecule has 2 aliphatic carbocycles. The molecule has 2 aromatic carbocycles. The Morgan fingerprint density at radius 1 is 1.00 bits per heavy atom. The number of ether oxygens (including phenoxy) is 2. The van der Waals surface area contributed by atoms with E-state index in [1.807, 2.05) is 0 Å². The number of halogens is 4. The third-order valence-corrected chi connectivity index (χ3v) is 9.98. The van der Waals surface area contributed by atoms with Crippen LogP contribution in [0.5, 0.6) is 0 Å². The van der Waals surface area contributed by atoms with Gasteiger partial charge in [0, 0.05) is 37.2 Å². The summed E-state index contributed by atoms with van der Waals surface area (Å²) < 4.78 is 78.8. The molecule has 2 aromatic rings. The van der Waals surface area contributed by atoms with E-state index in [0.717, 1.165) is 6.07 Å². The molecule has 2 unspecified atom stereocenters. The lowest BCUT2D eigenvalue weighted by atomic mass is 9.77. The first-order valence-electron chi connectivity index (χ1n) is 12.0. The van der Waals surface area contributed by atoms with Crippen LogP contribution >= 0.6 is 11.6 Å². The first-order chi connectivity index (χ1) is 18.2. The van der Waals surface area contributed by atoms with Gasteiger partial charge in [0.15, 0.2) is 27.3 Å². The van der Waals surface area contributed by atoms with Crippen molar-refractivity contribution in [1.82, 2.24) is 0 Å². The van der Waals surface area contributed by atoms with Crippen LogP contribution in [-0.4, -0.2) is 43.7 Å². The van der Waals surface area contributed by atoms with Crippen LogP contribution in [0.25, 0.3) is 0 Å². The minimum atomic E-state index is -4.12. The van der Waals surface area contributed by atoms with Crippen molar-refractivity contribution in [2.75, 3.05) is 11.9 Å². The quantitative estimate of drug-likeness (QED) is 0.364. The molecule has 0 aromatic heterocycles. The molecule has 1 amide bonds. The summed E-state index contributed by atoms with van der Waals surface area (Å²) in [5.74, 6) is -7.62. The molecular formula is C26H25ClF3NO7S. The number of hydrogen-bond acceptors (Lipinski definition) is 7. The van der Waals surface area contributed by atoms with Gasteiger partial charge in [0.2, 0.25) is 0 Å².